The molecule has 0 radical (unpaired) electrons. The lowest BCUT2D eigenvalue weighted by Crippen LogP contribution is -2.09. The Hall–Kier alpha value is -1.54. The molecule has 112 valence electrons. The number of aromatic nitrogens is 1. The predicted octanol–water partition coefficient (Wildman–Crippen LogP) is 4.24. The first-order valence-corrected chi connectivity index (χ1v) is 8.31. The van der Waals surface area contributed by atoms with Crippen LogP contribution in [0.15, 0.2) is 42.7 Å². The van der Waals surface area contributed by atoms with Gasteiger partial charge in [0.05, 0.1) is 0 Å². The number of unbranched alkanes of at least 4 members (excludes halogenated alkanes) is 1. The Morgan fingerprint density at radius 1 is 1.05 bits per heavy atom. The van der Waals surface area contributed by atoms with Crippen molar-refractivity contribution in [1.29, 1.82) is 0 Å². The number of nitrogens with zero attached hydrogens (tertiary/aromatic N) is 1. The lowest BCUT2D eigenvalue weighted by Gasteiger charge is -2.07. The van der Waals surface area contributed by atoms with Crippen LogP contribution >= 0.6 is 0 Å². The lowest BCUT2D eigenvalue weighted by molar-refractivity contribution is 0.590. The monoisotopic (exact) mass is 282 g/mol. The highest BCUT2D eigenvalue weighted by Crippen LogP contribution is 2.27. The van der Waals surface area contributed by atoms with Gasteiger partial charge in [0.2, 0.25) is 0 Å². The van der Waals surface area contributed by atoms with Crippen molar-refractivity contribution in [2.45, 2.75) is 57.5 Å². The summed E-state index contributed by atoms with van der Waals surface area (Å²) in [4.78, 5) is 0. The maximum atomic E-state index is 6.28. The van der Waals surface area contributed by atoms with Crippen molar-refractivity contribution in [3.8, 4) is 0 Å². The standard InChI is InChI=1S/C19H26N2/c20-19-12-5-4-11-17-14-21(15-18(17)19)13-7-6-10-16-8-2-1-3-9-16/h1-3,8-9,14-15,19H,4-7,10-13,20H2. The molecule has 0 saturated heterocycles. The van der Waals surface area contributed by atoms with Gasteiger partial charge in [0, 0.05) is 25.0 Å². The molecule has 2 nitrogen and oxygen atoms in total. The number of fused-ring (bicyclic) bond motifs is 1. The van der Waals surface area contributed by atoms with Crippen molar-refractivity contribution < 1.29 is 0 Å². The normalized spacial score (nSPS) is 18.2. The average molecular weight is 282 g/mol. The Bertz CT molecular complexity index is 556. The molecule has 1 aromatic carbocycles. The molecular weight excluding hydrogens is 256 g/mol. The van der Waals surface area contributed by atoms with Gasteiger partial charge in [-0.05, 0) is 55.2 Å². The van der Waals surface area contributed by atoms with Crippen LogP contribution < -0.4 is 5.73 Å². The second-order valence-electron chi connectivity index (χ2n) is 6.27. The minimum atomic E-state index is 0.257. The zero-order valence-electron chi connectivity index (χ0n) is 12.8. The van der Waals surface area contributed by atoms with E-state index >= 15 is 0 Å². The summed E-state index contributed by atoms with van der Waals surface area (Å²) in [6.07, 6.45) is 13.2. The molecule has 0 bridgehead atoms. The van der Waals surface area contributed by atoms with E-state index < -0.39 is 0 Å². The molecule has 1 aliphatic rings. The molecule has 1 aliphatic carbocycles. The van der Waals surface area contributed by atoms with Crippen molar-refractivity contribution in [1.82, 2.24) is 4.57 Å². The number of aryl methyl sites for hydroxylation is 3. The van der Waals surface area contributed by atoms with Crippen molar-refractivity contribution in [2.75, 3.05) is 0 Å². The van der Waals surface area contributed by atoms with Crippen LogP contribution in [-0.2, 0) is 19.4 Å². The minimum Gasteiger partial charge on any atom is -0.354 e. The molecule has 0 saturated carbocycles. The van der Waals surface area contributed by atoms with Crippen LogP contribution in [-0.4, -0.2) is 4.57 Å². The first kappa shape index (κ1) is 14.4. The van der Waals surface area contributed by atoms with E-state index in [1.54, 1.807) is 0 Å². The fourth-order valence-electron chi connectivity index (χ4n) is 3.35. The topological polar surface area (TPSA) is 30.9 Å². The molecule has 1 heterocycles. The van der Waals surface area contributed by atoms with Gasteiger partial charge >= 0.3 is 0 Å². The van der Waals surface area contributed by atoms with Crippen molar-refractivity contribution >= 4 is 0 Å². The highest BCUT2D eigenvalue weighted by molar-refractivity contribution is 5.28. The van der Waals surface area contributed by atoms with E-state index in [4.69, 9.17) is 5.73 Å². The maximum Gasteiger partial charge on any atom is 0.0312 e. The van der Waals surface area contributed by atoms with E-state index in [0.29, 0.717) is 0 Å². The van der Waals surface area contributed by atoms with Gasteiger partial charge in [-0.1, -0.05) is 36.8 Å². The van der Waals surface area contributed by atoms with Gasteiger partial charge in [0.1, 0.15) is 0 Å². The Balaban J connectivity index is 1.51. The average Bonchev–Trinajstić information content (AvgIpc) is 2.84. The van der Waals surface area contributed by atoms with Crippen LogP contribution in [0.4, 0.5) is 0 Å². The summed E-state index contributed by atoms with van der Waals surface area (Å²) in [7, 11) is 0. The minimum absolute atomic E-state index is 0.257. The van der Waals surface area contributed by atoms with Crippen molar-refractivity contribution in [2.24, 2.45) is 5.73 Å². The fraction of sp³-hybridized carbons (Fsp3) is 0.474. The molecule has 21 heavy (non-hydrogen) atoms. The largest absolute Gasteiger partial charge is 0.354 e. The first-order valence-electron chi connectivity index (χ1n) is 8.31. The van der Waals surface area contributed by atoms with Gasteiger partial charge < -0.3 is 10.3 Å². The van der Waals surface area contributed by atoms with Gasteiger partial charge in [0.25, 0.3) is 0 Å². The summed E-state index contributed by atoms with van der Waals surface area (Å²) in [5.74, 6) is 0. The van der Waals surface area contributed by atoms with Gasteiger partial charge in [-0.15, -0.1) is 0 Å². The summed E-state index contributed by atoms with van der Waals surface area (Å²) in [5.41, 5.74) is 10.6. The predicted molar refractivity (Wildman–Crippen MR) is 88.3 cm³/mol. The molecule has 1 aromatic heterocycles. The molecule has 0 fully saturated rings. The van der Waals surface area contributed by atoms with Crippen LogP contribution in [0.25, 0.3) is 0 Å². The molecule has 0 amide bonds. The SMILES string of the molecule is NC1CCCCc2cn(CCCCc3ccccc3)cc21. The van der Waals surface area contributed by atoms with Crippen LogP contribution in [0.3, 0.4) is 0 Å². The smallest absolute Gasteiger partial charge is 0.0312 e. The Morgan fingerprint density at radius 3 is 2.76 bits per heavy atom. The Kier molecular flexibility index (Phi) is 4.76. The highest BCUT2D eigenvalue weighted by Gasteiger charge is 2.16. The maximum absolute atomic E-state index is 6.28. The third kappa shape index (κ3) is 3.76. The lowest BCUT2D eigenvalue weighted by atomic mass is 10.1. The van der Waals surface area contributed by atoms with E-state index in [1.807, 2.05) is 0 Å². The molecule has 1 unspecified atom stereocenters. The van der Waals surface area contributed by atoms with Gasteiger partial charge in [-0.25, -0.2) is 0 Å². The number of nitrogens with two attached hydrogens (primary N) is 1. The number of rotatable bonds is 5. The van der Waals surface area contributed by atoms with E-state index in [0.717, 1.165) is 13.0 Å². The molecule has 1 atom stereocenters. The second kappa shape index (κ2) is 6.95. The molecule has 2 N–H and O–H groups in total. The van der Waals surface area contributed by atoms with E-state index in [1.165, 1.54) is 55.2 Å². The molecule has 2 heteroatoms. The van der Waals surface area contributed by atoms with Crippen LogP contribution in [0.1, 0.15) is 54.8 Å². The molecule has 2 aromatic rings. The fourth-order valence-corrected chi connectivity index (χ4v) is 3.35. The number of hydrogen-bond acceptors (Lipinski definition) is 1. The molecule has 3 rings (SSSR count). The van der Waals surface area contributed by atoms with Crippen molar-refractivity contribution in [3.05, 3.63) is 59.4 Å². The number of hydrogen-bond donors (Lipinski definition) is 1. The second-order valence-corrected chi connectivity index (χ2v) is 6.27. The van der Waals surface area contributed by atoms with Gasteiger partial charge in [0.15, 0.2) is 0 Å². The van der Waals surface area contributed by atoms with Crippen LogP contribution in [0.5, 0.6) is 0 Å². The quantitative estimate of drug-likeness (QED) is 0.645. The first-order chi connectivity index (χ1) is 10.3. The molecule has 0 spiro atoms. The van der Waals surface area contributed by atoms with E-state index in [9.17, 15) is 0 Å². The summed E-state index contributed by atoms with van der Waals surface area (Å²) in [6.45, 7) is 1.12. The molecule has 0 aliphatic heterocycles. The van der Waals surface area contributed by atoms with Crippen LogP contribution in [0, 0.1) is 0 Å². The van der Waals surface area contributed by atoms with Crippen LogP contribution in [0.2, 0.25) is 0 Å². The molecular formula is C19H26N2. The third-order valence-electron chi connectivity index (χ3n) is 4.58. The summed E-state index contributed by atoms with van der Waals surface area (Å²) >= 11 is 0. The van der Waals surface area contributed by atoms with E-state index in [-0.39, 0.29) is 6.04 Å². The van der Waals surface area contributed by atoms with Gasteiger partial charge in [-0.3, -0.25) is 0 Å². The van der Waals surface area contributed by atoms with E-state index in [2.05, 4.69) is 47.3 Å². The van der Waals surface area contributed by atoms with Crippen molar-refractivity contribution in [3.63, 3.8) is 0 Å². The summed E-state index contributed by atoms with van der Waals surface area (Å²) in [6, 6.07) is 11.0. The number of benzene rings is 1. The highest BCUT2D eigenvalue weighted by atomic mass is 14.9. The van der Waals surface area contributed by atoms with Gasteiger partial charge in [-0.2, -0.15) is 0 Å². The summed E-state index contributed by atoms with van der Waals surface area (Å²) in [5, 5.41) is 0. The summed E-state index contributed by atoms with van der Waals surface area (Å²) < 4.78 is 2.36. The zero-order valence-corrected chi connectivity index (χ0v) is 12.8. The Labute approximate surface area is 128 Å². The third-order valence-corrected chi connectivity index (χ3v) is 4.58. The zero-order chi connectivity index (χ0) is 14.5. The Morgan fingerprint density at radius 2 is 1.90 bits per heavy atom.